The Morgan fingerprint density at radius 2 is 1.68 bits per heavy atom. The molecule has 1 saturated carbocycles. The van der Waals surface area contributed by atoms with Crippen LogP contribution in [-0.2, 0) is 14.3 Å². The average Bonchev–Trinajstić information content (AvgIpc) is 3.26. The molecule has 0 aromatic heterocycles. The molecule has 0 radical (unpaired) electrons. The Morgan fingerprint density at radius 3 is 2.32 bits per heavy atom. The maximum atomic E-state index is 12.7. The van der Waals surface area contributed by atoms with Gasteiger partial charge in [-0.05, 0) is 51.2 Å². The molecule has 1 aromatic rings. The zero-order valence-corrected chi connectivity index (χ0v) is 18.2. The zero-order valence-electron chi connectivity index (χ0n) is 18.2. The molecule has 168 valence electrons. The second kappa shape index (κ2) is 10.4. The number of hydrogen-bond donors (Lipinski definition) is 2. The van der Waals surface area contributed by atoms with E-state index in [9.17, 15) is 19.2 Å². The van der Waals surface area contributed by atoms with Crippen LogP contribution in [0.1, 0.15) is 61.4 Å². The first-order valence-corrected chi connectivity index (χ1v) is 11.0. The number of benzene rings is 1. The molecule has 0 spiro atoms. The van der Waals surface area contributed by atoms with Crippen molar-refractivity contribution in [3.8, 4) is 0 Å². The lowest BCUT2D eigenvalue weighted by Crippen LogP contribution is -2.48. The minimum absolute atomic E-state index is 0.0362. The molecular weight excluding hydrogens is 398 g/mol. The smallest absolute Gasteiger partial charge is 0.321 e. The first kappa shape index (κ1) is 22.8. The summed E-state index contributed by atoms with van der Waals surface area (Å²) in [7, 11) is 0. The maximum Gasteiger partial charge on any atom is 0.321 e. The molecule has 0 bridgehead atoms. The third-order valence-corrected chi connectivity index (χ3v) is 6.08. The summed E-state index contributed by atoms with van der Waals surface area (Å²) in [6.07, 6.45) is 3.87. The van der Waals surface area contributed by atoms with Crippen LogP contribution in [0.5, 0.6) is 0 Å². The van der Waals surface area contributed by atoms with Crippen molar-refractivity contribution < 1.29 is 23.9 Å². The summed E-state index contributed by atoms with van der Waals surface area (Å²) in [4.78, 5) is 51.0. The highest BCUT2D eigenvalue weighted by Gasteiger charge is 2.31. The first-order valence-electron chi connectivity index (χ1n) is 11.0. The number of aryl methyl sites for hydroxylation is 1. The van der Waals surface area contributed by atoms with Crippen molar-refractivity contribution in [2.45, 2.75) is 64.5 Å². The molecule has 2 fully saturated rings. The lowest BCUT2D eigenvalue weighted by Gasteiger charge is -2.31. The van der Waals surface area contributed by atoms with E-state index in [1.807, 2.05) is 25.1 Å². The number of urea groups is 1. The van der Waals surface area contributed by atoms with E-state index in [2.05, 4.69) is 10.6 Å². The third-order valence-electron chi connectivity index (χ3n) is 6.08. The topological polar surface area (TPSA) is 105 Å². The molecular formula is C23H31N3O5. The molecule has 1 atom stereocenters. The lowest BCUT2D eigenvalue weighted by molar-refractivity contribution is -0.159. The van der Waals surface area contributed by atoms with Crippen molar-refractivity contribution in [2.24, 2.45) is 5.92 Å². The van der Waals surface area contributed by atoms with Crippen molar-refractivity contribution >= 4 is 23.8 Å². The summed E-state index contributed by atoms with van der Waals surface area (Å²) in [6, 6.07) is 6.98. The van der Waals surface area contributed by atoms with Crippen LogP contribution >= 0.6 is 0 Å². The van der Waals surface area contributed by atoms with Crippen LogP contribution < -0.4 is 10.6 Å². The Balaban J connectivity index is 1.42. The third kappa shape index (κ3) is 6.06. The van der Waals surface area contributed by atoms with E-state index in [4.69, 9.17) is 4.74 Å². The summed E-state index contributed by atoms with van der Waals surface area (Å²) < 4.78 is 5.29. The molecule has 1 aromatic carbocycles. The Labute approximate surface area is 182 Å². The highest BCUT2D eigenvalue weighted by atomic mass is 16.5. The van der Waals surface area contributed by atoms with Gasteiger partial charge in [-0.3, -0.25) is 19.7 Å². The van der Waals surface area contributed by atoms with E-state index in [0.717, 1.165) is 31.2 Å². The number of imide groups is 1. The predicted octanol–water partition coefficient (Wildman–Crippen LogP) is 2.55. The van der Waals surface area contributed by atoms with Gasteiger partial charge in [0.15, 0.2) is 6.10 Å². The van der Waals surface area contributed by atoms with Crippen molar-refractivity contribution in [3.05, 3.63) is 35.4 Å². The number of carbonyl (C=O) groups excluding carboxylic acids is 4. The van der Waals surface area contributed by atoms with E-state index in [-0.39, 0.29) is 17.9 Å². The van der Waals surface area contributed by atoms with Crippen LogP contribution in [0.15, 0.2) is 24.3 Å². The summed E-state index contributed by atoms with van der Waals surface area (Å²) >= 11 is 0. The second-order valence-electron chi connectivity index (χ2n) is 8.40. The number of rotatable bonds is 5. The SMILES string of the molecule is Cc1ccccc1C(=O)N1CCC(C(=O)O[C@H](C)C(=O)NC(=O)NC2CCCC2)CC1. The predicted molar refractivity (Wildman–Crippen MR) is 114 cm³/mol. The number of hydrogen-bond acceptors (Lipinski definition) is 5. The van der Waals surface area contributed by atoms with Crippen LogP contribution in [0.2, 0.25) is 0 Å². The van der Waals surface area contributed by atoms with Gasteiger partial charge in [0.2, 0.25) is 0 Å². The number of nitrogens with one attached hydrogen (secondary N) is 2. The number of carbonyl (C=O) groups is 4. The molecule has 1 aliphatic carbocycles. The molecule has 31 heavy (non-hydrogen) atoms. The van der Waals surface area contributed by atoms with Gasteiger partial charge in [-0.15, -0.1) is 0 Å². The number of piperidine rings is 1. The van der Waals surface area contributed by atoms with Crippen LogP contribution in [-0.4, -0.2) is 54.0 Å². The lowest BCUT2D eigenvalue weighted by atomic mass is 9.96. The van der Waals surface area contributed by atoms with Crippen molar-refractivity contribution in [1.29, 1.82) is 0 Å². The van der Waals surface area contributed by atoms with Gasteiger partial charge in [-0.2, -0.15) is 0 Å². The van der Waals surface area contributed by atoms with Crippen LogP contribution in [0.3, 0.4) is 0 Å². The van der Waals surface area contributed by atoms with Gasteiger partial charge < -0.3 is 15.0 Å². The number of amides is 4. The largest absolute Gasteiger partial charge is 0.452 e. The van der Waals surface area contributed by atoms with Gasteiger partial charge in [0.05, 0.1) is 5.92 Å². The molecule has 1 saturated heterocycles. The maximum absolute atomic E-state index is 12.7. The van der Waals surface area contributed by atoms with Gasteiger partial charge in [0.1, 0.15) is 0 Å². The van der Waals surface area contributed by atoms with Gasteiger partial charge in [-0.1, -0.05) is 31.0 Å². The van der Waals surface area contributed by atoms with E-state index in [1.165, 1.54) is 6.92 Å². The first-order chi connectivity index (χ1) is 14.8. The van der Waals surface area contributed by atoms with Crippen LogP contribution in [0, 0.1) is 12.8 Å². The van der Waals surface area contributed by atoms with Gasteiger partial charge >= 0.3 is 12.0 Å². The van der Waals surface area contributed by atoms with E-state index in [1.54, 1.807) is 11.0 Å². The highest BCUT2D eigenvalue weighted by molar-refractivity contribution is 5.97. The van der Waals surface area contributed by atoms with E-state index in [0.29, 0.717) is 31.5 Å². The molecule has 1 aliphatic heterocycles. The van der Waals surface area contributed by atoms with Crippen molar-refractivity contribution in [1.82, 2.24) is 15.5 Å². The van der Waals surface area contributed by atoms with Gasteiger partial charge in [0, 0.05) is 24.7 Å². The Hall–Kier alpha value is -2.90. The van der Waals surface area contributed by atoms with E-state index >= 15 is 0 Å². The quantitative estimate of drug-likeness (QED) is 0.700. The number of nitrogens with zero attached hydrogens (tertiary/aromatic N) is 1. The van der Waals surface area contributed by atoms with Crippen molar-refractivity contribution in [2.75, 3.05) is 13.1 Å². The Morgan fingerprint density at radius 1 is 1.03 bits per heavy atom. The molecule has 3 rings (SSSR count). The van der Waals surface area contributed by atoms with E-state index < -0.39 is 24.0 Å². The molecule has 4 amide bonds. The molecule has 2 aliphatic rings. The fraction of sp³-hybridized carbons (Fsp3) is 0.565. The minimum atomic E-state index is -1.06. The normalized spacial score (nSPS) is 18.3. The number of ether oxygens (including phenoxy) is 1. The molecule has 0 unspecified atom stereocenters. The van der Waals surface area contributed by atoms with Crippen molar-refractivity contribution in [3.63, 3.8) is 0 Å². The number of esters is 1. The Bertz CT molecular complexity index is 826. The average molecular weight is 430 g/mol. The highest BCUT2D eigenvalue weighted by Crippen LogP contribution is 2.22. The molecule has 8 nitrogen and oxygen atoms in total. The standard InChI is InChI=1S/C23H31N3O5/c1-15-7-3-6-10-19(15)21(28)26-13-11-17(12-14-26)22(29)31-16(2)20(27)25-23(30)24-18-8-4-5-9-18/h3,6-7,10,16-18H,4-5,8-9,11-14H2,1-2H3,(H2,24,25,27,30)/t16-/m1/s1. The monoisotopic (exact) mass is 429 g/mol. The minimum Gasteiger partial charge on any atom is -0.452 e. The molecule has 8 heteroatoms. The van der Waals surface area contributed by atoms with Gasteiger partial charge in [-0.25, -0.2) is 4.79 Å². The van der Waals surface area contributed by atoms with Gasteiger partial charge in [0.25, 0.3) is 11.8 Å². The van der Waals surface area contributed by atoms with Crippen LogP contribution in [0.25, 0.3) is 0 Å². The molecule has 1 heterocycles. The Kier molecular flexibility index (Phi) is 7.65. The summed E-state index contributed by atoms with van der Waals surface area (Å²) in [5.74, 6) is -1.52. The summed E-state index contributed by atoms with van der Waals surface area (Å²) in [5.41, 5.74) is 1.59. The fourth-order valence-corrected chi connectivity index (χ4v) is 4.13. The fourth-order valence-electron chi connectivity index (χ4n) is 4.13. The zero-order chi connectivity index (χ0) is 22.4. The summed E-state index contributed by atoms with van der Waals surface area (Å²) in [5, 5.41) is 5.01. The number of likely N-dealkylation sites (tertiary alicyclic amines) is 1. The summed E-state index contributed by atoms with van der Waals surface area (Å²) in [6.45, 7) is 4.26. The second-order valence-corrected chi connectivity index (χ2v) is 8.40. The molecule has 2 N–H and O–H groups in total. The van der Waals surface area contributed by atoms with Crippen LogP contribution in [0.4, 0.5) is 4.79 Å².